The van der Waals surface area contributed by atoms with Crippen molar-refractivity contribution in [2.45, 2.75) is 70.3 Å². The predicted octanol–water partition coefficient (Wildman–Crippen LogP) is 3.16. The number of amides is 1. The van der Waals surface area contributed by atoms with Crippen LogP contribution < -0.4 is 5.32 Å². The zero-order valence-corrected chi connectivity index (χ0v) is 11.2. The van der Waals surface area contributed by atoms with Gasteiger partial charge < -0.3 is 5.32 Å². The minimum absolute atomic E-state index is 0.219. The fraction of sp³-hybridized carbons (Fsp3) is 0.867. The number of nitrogens with one attached hydrogen (secondary N) is 1. The van der Waals surface area contributed by atoms with E-state index in [1.54, 1.807) is 0 Å². The third-order valence-corrected chi connectivity index (χ3v) is 4.53. The highest BCUT2D eigenvalue weighted by Gasteiger charge is 2.22. The van der Waals surface area contributed by atoms with Gasteiger partial charge in [0.15, 0.2) is 0 Å². The lowest BCUT2D eigenvalue weighted by Gasteiger charge is -2.25. The van der Waals surface area contributed by atoms with Crippen molar-refractivity contribution in [1.82, 2.24) is 5.32 Å². The van der Waals surface area contributed by atoms with E-state index in [4.69, 9.17) is 5.26 Å². The Morgan fingerprint density at radius 3 is 2.39 bits per heavy atom. The number of nitriles is 1. The highest BCUT2D eigenvalue weighted by atomic mass is 16.1. The molecule has 0 aromatic rings. The van der Waals surface area contributed by atoms with E-state index < -0.39 is 0 Å². The summed E-state index contributed by atoms with van der Waals surface area (Å²) in [6.07, 6.45) is 11.0. The van der Waals surface area contributed by atoms with Crippen LogP contribution >= 0.6 is 0 Å². The van der Waals surface area contributed by atoms with Gasteiger partial charge in [0.2, 0.25) is 5.91 Å². The van der Waals surface area contributed by atoms with Gasteiger partial charge in [-0.05, 0) is 38.0 Å². The first kappa shape index (κ1) is 13.4. The van der Waals surface area contributed by atoms with Crippen LogP contribution in [0, 0.1) is 23.2 Å². The van der Waals surface area contributed by atoms with Crippen molar-refractivity contribution >= 4 is 5.91 Å². The Hall–Kier alpha value is -1.04. The molecule has 1 N–H and O–H groups in total. The second kappa shape index (κ2) is 6.78. The van der Waals surface area contributed by atoms with Gasteiger partial charge in [-0.3, -0.25) is 4.79 Å². The first-order valence-corrected chi connectivity index (χ1v) is 7.47. The fourth-order valence-electron chi connectivity index (χ4n) is 3.30. The van der Waals surface area contributed by atoms with Crippen LogP contribution in [0.3, 0.4) is 0 Å². The first-order chi connectivity index (χ1) is 8.78. The van der Waals surface area contributed by atoms with E-state index in [2.05, 4.69) is 11.4 Å². The minimum atomic E-state index is 0.219. The van der Waals surface area contributed by atoms with Gasteiger partial charge in [0.05, 0.1) is 6.07 Å². The molecule has 18 heavy (non-hydrogen) atoms. The Morgan fingerprint density at radius 1 is 1.11 bits per heavy atom. The van der Waals surface area contributed by atoms with Crippen LogP contribution in [0.1, 0.15) is 64.2 Å². The van der Waals surface area contributed by atoms with Crippen LogP contribution in [0.4, 0.5) is 0 Å². The molecular formula is C15H24N2O. The van der Waals surface area contributed by atoms with Gasteiger partial charge >= 0.3 is 0 Å². The Labute approximate surface area is 110 Å². The summed E-state index contributed by atoms with van der Waals surface area (Å²) < 4.78 is 0. The summed E-state index contributed by atoms with van der Waals surface area (Å²) in [6.45, 7) is 0. The van der Waals surface area contributed by atoms with Gasteiger partial charge in [0, 0.05) is 18.4 Å². The molecule has 1 amide bonds. The molecule has 2 aliphatic carbocycles. The maximum atomic E-state index is 11.8. The third kappa shape index (κ3) is 4.01. The van der Waals surface area contributed by atoms with Crippen LogP contribution in [-0.4, -0.2) is 11.9 Å². The largest absolute Gasteiger partial charge is 0.353 e. The summed E-state index contributed by atoms with van der Waals surface area (Å²) in [6, 6.07) is 2.65. The van der Waals surface area contributed by atoms with Crippen LogP contribution in [0.5, 0.6) is 0 Å². The smallest absolute Gasteiger partial charge is 0.220 e. The van der Waals surface area contributed by atoms with Crippen molar-refractivity contribution in [1.29, 1.82) is 5.26 Å². The van der Waals surface area contributed by atoms with Crippen LogP contribution in [0.15, 0.2) is 0 Å². The second-order valence-electron chi connectivity index (χ2n) is 5.93. The van der Waals surface area contributed by atoms with E-state index in [0.717, 1.165) is 38.0 Å². The molecule has 2 saturated carbocycles. The number of carbonyl (C=O) groups excluding carboxylic acids is 1. The summed E-state index contributed by atoms with van der Waals surface area (Å²) in [5.41, 5.74) is 0. The van der Waals surface area contributed by atoms with Gasteiger partial charge in [-0.2, -0.15) is 5.26 Å². The zero-order chi connectivity index (χ0) is 12.8. The zero-order valence-electron chi connectivity index (χ0n) is 11.2. The third-order valence-electron chi connectivity index (χ3n) is 4.53. The molecule has 0 aliphatic heterocycles. The van der Waals surface area contributed by atoms with E-state index in [1.165, 1.54) is 25.7 Å². The van der Waals surface area contributed by atoms with Crippen molar-refractivity contribution < 1.29 is 4.79 Å². The van der Waals surface area contributed by atoms with E-state index in [0.29, 0.717) is 12.5 Å². The number of carbonyl (C=O) groups is 1. The molecule has 3 heteroatoms. The molecule has 0 heterocycles. The van der Waals surface area contributed by atoms with Crippen molar-refractivity contribution in [2.75, 3.05) is 0 Å². The van der Waals surface area contributed by atoms with Crippen LogP contribution in [0.2, 0.25) is 0 Å². The van der Waals surface area contributed by atoms with Crippen LogP contribution in [-0.2, 0) is 4.79 Å². The van der Waals surface area contributed by atoms with Gasteiger partial charge in [0.1, 0.15) is 0 Å². The number of nitrogens with zero attached hydrogens (tertiary/aromatic N) is 1. The topological polar surface area (TPSA) is 52.9 Å². The molecule has 2 fully saturated rings. The molecule has 0 spiro atoms. The lowest BCUT2D eigenvalue weighted by molar-refractivity contribution is -0.122. The number of hydrogen-bond donors (Lipinski definition) is 1. The lowest BCUT2D eigenvalue weighted by Crippen LogP contribution is -2.37. The van der Waals surface area contributed by atoms with E-state index >= 15 is 0 Å². The minimum Gasteiger partial charge on any atom is -0.353 e. The Balaban J connectivity index is 1.61. The van der Waals surface area contributed by atoms with Crippen molar-refractivity contribution in [3.8, 4) is 6.07 Å². The summed E-state index contributed by atoms with van der Waals surface area (Å²) in [4.78, 5) is 11.8. The summed E-state index contributed by atoms with van der Waals surface area (Å²) in [5, 5.41) is 12.0. The molecule has 0 bridgehead atoms. The maximum Gasteiger partial charge on any atom is 0.220 e. The molecule has 0 radical (unpaired) electrons. The summed E-state index contributed by atoms with van der Waals surface area (Å²) in [7, 11) is 0. The Kier molecular flexibility index (Phi) is 5.04. The quantitative estimate of drug-likeness (QED) is 0.831. The van der Waals surface area contributed by atoms with E-state index in [9.17, 15) is 4.79 Å². The molecule has 0 atom stereocenters. The molecule has 0 aromatic heterocycles. The normalized spacial score (nSPS) is 28.8. The fourth-order valence-corrected chi connectivity index (χ4v) is 3.30. The molecule has 0 aromatic carbocycles. The standard InChI is InChI=1S/C15H24N2O/c16-11-13-5-8-14(9-6-13)17-15(18)10-7-12-3-1-2-4-12/h12-14H,1-10H2,(H,17,18). The Morgan fingerprint density at radius 2 is 1.78 bits per heavy atom. The first-order valence-electron chi connectivity index (χ1n) is 7.47. The van der Waals surface area contributed by atoms with Crippen LogP contribution in [0.25, 0.3) is 0 Å². The highest BCUT2D eigenvalue weighted by Crippen LogP contribution is 2.28. The van der Waals surface area contributed by atoms with Gasteiger partial charge in [0.25, 0.3) is 0 Å². The predicted molar refractivity (Wildman–Crippen MR) is 70.7 cm³/mol. The molecule has 100 valence electrons. The molecule has 2 rings (SSSR count). The van der Waals surface area contributed by atoms with Crippen molar-refractivity contribution in [3.63, 3.8) is 0 Å². The summed E-state index contributed by atoms with van der Waals surface area (Å²) in [5.74, 6) is 1.24. The monoisotopic (exact) mass is 248 g/mol. The lowest BCUT2D eigenvalue weighted by atomic mass is 9.87. The second-order valence-corrected chi connectivity index (χ2v) is 5.93. The van der Waals surface area contributed by atoms with E-state index in [1.807, 2.05) is 0 Å². The van der Waals surface area contributed by atoms with Gasteiger partial charge in [-0.15, -0.1) is 0 Å². The molecule has 0 unspecified atom stereocenters. The molecule has 0 saturated heterocycles. The Bertz CT molecular complexity index is 307. The summed E-state index contributed by atoms with van der Waals surface area (Å²) >= 11 is 0. The number of rotatable bonds is 4. The average molecular weight is 248 g/mol. The average Bonchev–Trinajstić information content (AvgIpc) is 2.90. The van der Waals surface area contributed by atoms with Gasteiger partial charge in [-0.1, -0.05) is 25.7 Å². The maximum absolute atomic E-state index is 11.8. The SMILES string of the molecule is N#CC1CCC(NC(=O)CCC2CCCC2)CC1. The van der Waals surface area contributed by atoms with E-state index in [-0.39, 0.29) is 11.8 Å². The highest BCUT2D eigenvalue weighted by molar-refractivity contribution is 5.76. The molecule has 3 nitrogen and oxygen atoms in total. The van der Waals surface area contributed by atoms with Gasteiger partial charge in [-0.25, -0.2) is 0 Å². The molecular weight excluding hydrogens is 224 g/mol. The number of hydrogen-bond acceptors (Lipinski definition) is 2. The van der Waals surface area contributed by atoms with Crippen molar-refractivity contribution in [2.24, 2.45) is 11.8 Å². The van der Waals surface area contributed by atoms with Crippen molar-refractivity contribution in [3.05, 3.63) is 0 Å². The molecule has 2 aliphatic rings.